The molecule has 3 nitrogen and oxygen atoms in total. The van der Waals surface area contributed by atoms with E-state index in [1.54, 1.807) is 0 Å². The van der Waals surface area contributed by atoms with Crippen LogP contribution in [0.2, 0.25) is 0 Å². The Bertz CT molecular complexity index is 391. The van der Waals surface area contributed by atoms with Crippen LogP contribution in [0, 0.1) is 13.8 Å². The third-order valence-electron chi connectivity index (χ3n) is 3.76. The van der Waals surface area contributed by atoms with Gasteiger partial charge in [0.25, 0.3) is 0 Å². The topological polar surface area (TPSA) is 37.8 Å². The molecule has 1 aliphatic rings. The minimum atomic E-state index is 0.525. The van der Waals surface area contributed by atoms with Gasteiger partial charge in [-0.05, 0) is 64.4 Å². The van der Waals surface area contributed by atoms with E-state index in [0.717, 1.165) is 25.2 Å². The molecule has 1 atom stereocenters. The summed E-state index contributed by atoms with van der Waals surface area (Å²) < 4.78 is 0. The molecule has 1 aromatic heterocycles. The van der Waals surface area contributed by atoms with Crippen LogP contribution >= 0.6 is 11.8 Å². The molecule has 1 fully saturated rings. The van der Waals surface area contributed by atoms with E-state index in [0.29, 0.717) is 5.25 Å². The van der Waals surface area contributed by atoms with Crippen molar-refractivity contribution < 1.29 is 0 Å². The molecule has 1 unspecified atom stereocenters. The lowest BCUT2D eigenvalue weighted by molar-refractivity contribution is 0.652. The lowest BCUT2D eigenvalue weighted by Gasteiger charge is -2.21. The van der Waals surface area contributed by atoms with Crippen molar-refractivity contribution in [3.63, 3.8) is 0 Å². The highest BCUT2D eigenvalue weighted by Gasteiger charge is 2.20. The highest BCUT2D eigenvalue weighted by atomic mass is 32.2. The molecular formula is C15H25N3S. The summed E-state index contributed by atoms with van der Waals surface area (Å²) in [4.78, 5) is 9.57. The average molecular weight is 279 g/mol. The first-order chi connectivity index (χ1) is 9.22. The predicted octanol–water partition coefficient (Wildman–Crippen LogP) is 3.20. The van der Waals surface area contributed by atoms with Gasteiger partial charge in [0.1, 0.15) is 5.82 Å². The monoisotopic (exact) mass is 279 g/mol. The molecule has 19 heavy (non-hydrogen) atoms. The van der Waals surface area contributed by atoms with Gasteiger partial charge in [-0.15, -0.1) is 0 Å². The number of nitrogens with one attached hydrogen (secondary N) is 1. The zero-order chi connectivity index (χ0) is 13.7. The Morgan fingerprint density at radius 1 is 1.21 bits per heavy atom. The lowest BCUT2D eigenvalue weighted by atomic mass is 10.1. The summed E-state index contributed by atoms with van der Waals surface area (Å²) in [7, 11) is 2.00. The van der Waals surface area contributed by atoms with Crippen molar-refractivity contribution in [2.24, 2.45) is 0 Å². The maximum Gasteiger partial charge on any atom is 0.141 e. The van der Waals surface area contributed by atoms with Crippen LogP contribution in [0.4, 0.5) is 0 Å². The van der Waals surface area contributed by atoms with Crippen molar-refractivity contribution in [2.75, 3.05) is 19.3 Å². The van der Waals surface area contributed by atoms with E-state index in [-0.39, 0.29) is 0 Å². The fourth-order valence-electron chi connectivity index (χ4n) is 2.66. The molecule has 106 valence electrons. The third kappa shape index (κ3) is 3.93. The van der Waals surface area contributed by atoms with Crippen molar-refractivity contribution in [1.82, 2.24) is 15.3 Å². The van der Waals surface area contributed by atoms with Crippen LogP contribution in [0.15, 0.2) is 0 Å². The van der Waals surface area contributed by atoms with Gasteiger partial charge in [0.2, 0.25) is 0 Å². The van der Waals surface area contributed by atoms with Gasteiger partial charge in [-0.3, -0.25) is 0 Å². The normalized spacial score (nSPS) is 19.6. The minimum absolute atomic E-state index is 0.525. The van der Waals surface area contributed by atoms with Crippen LogP contribution in [0.5, 0.6) is 0 Å². The number of hydrogen-bond donors (Lipinski definition) is 1. The molecule has 1 N–H and O–H groups in total. The highest BCUT2D eigenvalue weighted by molar-refractivity contribution is 7.99. The van der Waals surface area contributed by atoms with Crippen molar-refractivity contribution in [3.8, 4) is 0 Å². The van der Waals surface area contributed by atoms with Gasteiger partial charge >= 0.3 is 0 Å². The largest absolute Gasteiger partial charge is 0.320 e. The Morgan fingerprint density at radius 3 is 2.53 bits per heavy atom. The zero-order valence-corrected chi connectivity index (χ0v) is 13.1. The molecule has 0 aromatic carbocycles. The first-order valence-corrected chi connectivity index (χ1v) is 8.37. The molecule has 1 saturated heterocycles. The minimum Gasteiger partial charge on any atom is -0.320 e. The van der Waals surface area contributed by atoms with Crippen molar-refractivity contribution >= 4 is 11.8 Å². The Hall–Kier alpha value is -0.610. The van der Waals surface area contributed by atoms with Crippen LogP contribution in [-0.4, -0.2) is 29.3 Å². The number of thioether (sulfide) groups is 1. The predicted molar refractivity (Wildman–Crippen MR) is 82.8 cm³/mol. The second-order valence-electron chi connectivity index (χ2n) is 5.29. The Morgan fingerprint density at radius 2 is 1.95 bits per heavy atom. The van der Waals surface area contributed by atoms with Gasteiger partial charge in [-0.25, -0.2) is 9.97 Å². The number of nitrogens with zero attached hydrogens (tertiary/aromatic N) is 2. The van der Waals surface area contributed by atoms with E-state index in [2.05, 4.69) is 19.2 Å². The third-order valence-corrected chi connectivity index (χ3v) is 5.13. The number of rotatable bonds is 5. The van der Waals surface area contributed by atoms with E-state index >= 15 is 0 Å². The standard InChI is InChI=1S/C15H25N3S/c1-11-13(7-6-9-16-3)12(2)18-15(17-11)14-8-4-5-10-19-14/h14,16H,4-10H2,1-3H3. The van der Waals surface area contributed by atoms with E-state index in [1.807, 2.05) is 18.8 Å². The molecule has 2 heterocycles. The van der Waals surface area contributed by atoms with E-state index in [1.165, 1.54) is 42.0 Å². The molecule has 2 rings (SSSR count). The van der Waals surface area contributed by atoms with Crippen molar-refractivity contribution in [1.29, 1.82) is 0 Å². The number of hydrogen-bond acceptors (Lipinski definition) is 4. The SMILES string of the molecule is CNCCCc1c(C)nc(C2CCCCS2)nc1C. The molecule has 0 spiro atoms. The summed E-state index contributed by atoms with van der Waals surface area (Å²) >= 11 is 2.03. The Kier molecular flexibility index (Phi) is 5.64. The summed E-state index contributed by atoms with van der Waals surface area (Å²) in [6.45, 7) is 5.33. The molecule has 0 aliphatic carbocycles. The molecule has 1 aliphatic heterocycles. The average Bonchev–Trinajstić information content (AvgIpc) is 2.43. The van der Waals surface area contributed by atoms with Crippen LogP contribution in [0.3, 0.4) is 0 Å². The molecular weight excluding hydrogens is 254 g/mol. The van der Waals surface area contributed by atoms with Gasteiger partial charge in [0.05, 0.1) is 5.25 Å². The first-order valence-electron chi connectivity index (χ1n) is 7.32. The summed E-state index contributed by atoms with van der Waals surface area (Å²) in [5.74, 6) is 2.33. The van der Waals surface area contributed by atoms with Crippen LogP contribution < -0.4 is 5.32 Å². The van der Waals surface area contributed by atoms with Gasteiger partial charge in [0.15, 0.2) is 0 Å². The van der Waals surface area contributed by atoms with Crippen LogP contribution in [-0.2, 0) is 6.42 Å². The number of aromatic nitrogens is 2. The molecule has 0 saturated carbocycles. The Balaban J connectivity index is 2.11. The summed E-state index contributed by atoms with van der Waals surface area (Å²) in [6.07, 6.45) is 6.14. The van der Waals surface area contributed by atoms with E-state index < -0.39 is 0 Å². The smallest absolute Gasteiger partial charge is 0.141 e. The van der Waals surface area contributed by atoms with Crippen LogP contribution in [0.25, 0.3) is 0 Å². The van der Waals surface area contributed by atoms with Crippen LogP contribution in [0.1, 0.15) is 53.7 Å². The highest BCUT2D eigenvalue weighted by Crippen LogP contribution is 2.36. The Labute approximate surface area is 121 Å². The van der Waals surface area contributed by atoms with E-state index in [9.17, 15) is 0 Å². The van der Waals surface area contributed by atoms with Crippen molar-refractivity contribution in [2.45, 2.75) is 51.2 Å². The maximum absolute atomic E-state index is 4.78. The van der Waals surface area contributed by atoms with Gasteiger partial charge in [-0.2, -0.15) is 11.8 Å². The second-order valence-corrected chi connectivity index (χ2v) is 6.60. The van der Waals surface area contributed by atoms with E-state index in [4.69, 9.17) is 9.97 Å². The van der Waals surface area contributed by atoms with Crippen molar-refractivity contribution in [3.05, 3.63) is 22.8 Å². The zero-order valence-electron chi connectivity index (χ0n) is 12.3. The summed E-state index contributed by atoms with van der Waals surface area (Å²) in [6, 6.07) is 0. The lowest BCUT2D eigenvalue weighted by Crippen LogP contribution is -2.13. The quantitative estimate of drug-likeness (QED) is 0.840. The molecule has 0 radical (unpaired) electrons. The fraction of sp³-hybridized carbons (Fsp3) is 0.733. The summed E-state index contributed by atoms with van der Waals surface area (Å²) in [5, 5.41) is 3.72. The second kappa shape index (κ2) is 7.25. The fourth-order valence-corrected chi connectivity index (χ4v) is 3.90. The molecule has 0 amide bonds. The maximum atomic E-state index is 4.78. The molecule has 4 heteroatoms. The molecule has 1 aromatic rings. The molecule has 0 bridgehead atoms. The van der Waals surface area contributed by atoms with Gasteiger partial charge in [0, 0.05) is 11.4 Å². The number of aryl methyl sites for hydroxylation is 2. The first kappa shape index (κ1) is 14.8. The van der Waals surface area contributed by atoms with Gasteiger partial charge in [-0.1, -0.05) is 6.42 Å². The van der Waals surface area contributed by atoms with Gasteiger partial charge < -0.3 is 5.32 Å². The summed E-state index contributed by atoms with van der Waals surface area (Å²) in [5.41, 5.74) is 3.72.